The molecule has 1 aromatic carbocycles. The van der Waals surface area contributed by atoms with Crippen LogP contribution < -0.4 is 10.6 Å². The van der Waals surface area contributed by atoms with E-state index in [1.165, 1.54) is 5.56 Å². The molecule has 2 amide bonds. The normalized spacial score (nSPS) is 10.2. The van der Waals surface area contributed by atoms with Gasteiger partial charge in [0.25, 0.3) is 0 Å². The predicted octanol–water partition coefficient (Wildman–Crippen LogP) is 1.46. The van der Waals surface area contributed by atoms with E-state index in [1.807, 2.05) is 30.3 Å². The molecule has 2 aromatic rings. The van der Waals surface area contributed by atoms with E-state index in [9.17, 15) is 4.79 Å². The van der Waals surface area contributed by atoms with Gasteiger partial charge in [-0.3, -0.25) is 0 Å². The molecule has 6 heteroatoms. The van der Waals surface area contributed by atoms with E-state index >= 15 is 0 Å². The fourth-order valence-electron chi connectivity index (χ4n) is 1.75. The van der Waals surface area contributed by atoms with Crippen molar-refractivity contribution in [3.8, 4) is 0 Å². The maximum absolute atomic E-state index is 11.5. The second-order valence-corrected chi connectivity index (χ2v) is 4.40. The van der Waals surface area contributed by atoms with Gasteiger partial charge in [0, 0.05) is 19.5 Å². The van der Waals surface area contributed by atoms with Crippen LogP contribution in [0.2, 0.25) is 0 Å². The fourth-order valence-corrected chi connectivity index (χ4v) is 1.75. The van der Waals surface area contributed by atoms with Crippen molar-refractivity contribution in [3.05, 3.63) is 47.6 Å². The van der Waals surface area contributed by atoms with Gasteiger partial charge in [0.1, 0.15) is 0 Å². The van der Waals surface area contributed by atoms with Crippen LogP contribution in [0.5, 0.6) is 0 Å². The van der Waals surface area contributed by atoms with Crippen LogP contribution in [0.3, 0.4) is 0 Å². The van der Waals surface area contributed by atoms with Gasteiger partial charge < -0.3 is 15.2 Å². The number of aromatic nitrogens is 2. The van der Waals surface area contributed by atoms with Crippen LogP contribution in [-0.2, 0) is 12.8 Å². The first-order valence-corrected chi connectivity index (χ1v) is 6.59. The van der Waals surface area contributed by atoms with Gasteiger partial charge in [-0.1, -0.05) is 35.5 Å². The number of hydrogen-bond acceptors (Lipinski definition) is 4. The van der Waals surface area contributed by atoms with Gasteiger partial charge >= 0.3 is 6.03 Å². The number of aryl methyl sites for hydroxylation is 1. The maximum atomic E-state index is 11.5. The van der Waals surface area contributed by atoms with Crippen LogP contribution in [-0.4, -0.2) is 29.3 Å². The first-order chi connectivity index (χ1) is 9.74. The summed E-state index contributed by atoms with van der Waals surface area (Å²) in [5.41, 5.74) is 1.20. The van der Waals surface area contributed by atoms with E-state index in [0.717, 1.165) is 6.42 Å². The van der Waals surface area contributed by atoms with Crippen LogP contribution in [0.15, 0.2) is 34.9 Å². The summed E-state index contributed by atoms with van der Waals surface area (Å²) in [5.74, 6) is 1.14. The number of nitrogens with one attached hydrogen (secondary N) is 2. The maximum Gasteiger partial charge on any atom is 0.314 e. The van der Waals surface area contributed by atoms with Gasteiger partial charge in [0.15, 0.2) is 5.82 Å². The van der Waals surface area contributed by atoms with Crippen molar-refractivity contribution in [2.24, 2.45) is 0 Å². The summed E-state index contributed by atoms with van der Waals surface area (Å²) in [6.45, 7) is 2.84. The number of hydrogen-bond donors (Lipinski definition) is 2. The third kappa shape index (κ3) is 4.72. The second kappa shape index (κ2) is 7.28. The Hall–Kier alpha value is -2.37. The van der Waals surface area contributed by atoms with Crippen molar-refractivity contribution >= 4 is 6.03 Å². The zero-order valence-electron chi connectivity index (χ0n) is 11.4. The summed E-state index contributed by atoms with van der Waals surface area (Å²) in [6.07, 6.45) is 1.35. The molecule has 2 rings (SSSR count). The highest BCUT2D eigenvalue weighted by Gasteiger charge is 2.04. The van der Waals surface area contributed by atoms with Crippen LogP contribution >= 0.6 is 0 Å². The summed E-state index contributed by atoms with van der Waals surface area (Å²) in [4.78, 5) is 15.6. The number of nitrogens with zero attached hydrogens (tertiary/aromatic N) is 2. The van der Waals surface area contributed by atoms with E-state index in [0.29, 0.717) is 31.2 Å². The average Bonchev–Trinajstić information content (AvgIpc) is 2.86. The Kier molecular flexibility index (Phi) is 5.11. The zero-order chi connectivity index (χ0) is 14.2. The Morgan fingerprint density at radius 1 is 1.15 bits per heavy atom. The number of carbonyl (C=O) groups is 1. The first kappa shape index (κ1) is 14.0. The predicted molar refractivity (Wildman–Crippen MR) is 74.3 cm³/mol. The largest absolute Gasteiger partial charge is 0.339 e. The highest BCUT2D eigenvalue weighted by Crippen LogP contribution is 1.98. The molecule has 0 bridgehead atoms. The topological polar surface area (TPSA) is 80.0 Å². The van der Waals surface area contributed by atoms with Gasteiger partial charge in [-0.15, -0.1) is 0 Å². The molecule has 0 unspecified atom stereocenters. The Balaban J connectivity index is 1.59. The lowest BCUT2D eigenvalue weighted by Gasteiger charge is -2.06. The minimum absolute atomic E-state index is 0.183. The van der Waals surface area contributed by atoms with E-state index in [-0.39, 0.29) is 6.03 Å². The quantitative estimate of drug-likeness (QED) is 0.835. The summed E-state index contributed by atoms with van der Waals surface area (Å²) in [7, 11) is 0. The lowest BCUT2D eigenvalue weighted by atomic mass is 10.1. The smallest absolute Gasteiger partial charge is 0.314 e. The van der Waals surface area contributed by atoms with E-state index in [1.54, 1.807) is 6.92 Å². The Morgan fingerprint density at radius 3 is 2.50 bits per heavy atom. The molecule has 1 heterocycles. The molecule has 0 spiro atoms. The molecule has 0 aliphatic rings. The molecular formula is C14H18N4O2. The van der Waals surface area contributed by atoms with Crippen LogP contribution in [0, 0.1) is 6.92 Å². The molecule has 20 heavy (non-hydrogen) atoms. The van der Waals surface area contributed by atoms with Gasteiger partial charge in [-0.25, -0.2) is 4.79 Å². The summed E-state index contributed by atoms with van der Waals surface area (Å²) in [6, 6.07) is 9.85. The third-order valence-electron chi connectivity index (χ3n) is 2.74. The molecule has 106 valence electrons. The van der Waals surface area contributed by atoms with Gasteiger partial charge in [0.2, 0.25) is 5.89 Å². The lowest BCUT2D eigenvalue weighted by molar-refractivity contribution is 0.240. The average molecular weight is 274 g/mol. The Labute approximate surface area is 117 Å². The van der Waals surface area contributed by atoms with Crippen molar-refractivity contribution in [3.63, 3.8) is 0 Å². The summed E-state index contributed by atoms with van der Waals surface area (Å²) in [5, 5.41) is 9.24. The van der Waals surface area contributed by atoms with Crippen LogP contribution in [0.4, 0.5) is 4.79 Å². The standard InChI is InChI=1S/C14H18N4O2/c1-11-17-13(20-18-11)8-10-16-14(19)15-9-7-12-5-3-2-4-6-12/h2-6H,7-10H2,1H3,(H2,15,16,19). The first-order valence-electron chi connectivity index (χ1n) is 6.59. The van der Waals surface area contributed by atoms with Gasteiger partial charge in [-0.05, 0) is 18.9 Å². The molecular weight excluding hydrogens is 256 g/mol. The number of carbonyl (C=O) groups excluding carboxylic acids is 1. The Morgan fingerprint density at radius 2 is 1.85 bits per heavy atom. The monoisotopic (exact) mass is 274 g/mol. The number of benzene rings is 1. The SMILES string of the molecule is Cc1noc(CCNC(=O)NCCc2ccccc2)n1. The van der Waals surface area contributed by atoms with E-state index in [4.69, 9.17) is 4.52 Å². The molecule has 6 nitrogen and oxygen atoms in total. The van der Waals surface area contributed by atoms with Crippen molar-refractivity contribution in [2.75, 3.05) is 13.1 Å². The molecule has 0 saturated heterocycles. The highest BCUT2D eigenvalue weighted by molar-refractivity contribution is 5.73. The molecule has 0 aliphatic carbocycles. The van der Waals surface area contributed by atoms with Crippen LogP contribution in [0.1, 0.15) is 17.3 Å². The fraction of sp³-hybridized carbons (Fsp3) is 0.357. The molecule has 0 fully saturated rings. The number of rotatable bonds is 6. The minimum Gasteiger partial charge on any atom is -0.339 e. The zero-order valence-corrected chi connectivity index (χ0v) is 11.4. The van der Waals surface area contributed by atoms with Crippen molar-refractivity contribution in [2.45, 2.75) is 19.8 Å². The van der Waals surface area contributed by atoms with E-state index in [2.05, 4.69) is 20.8 Å². The van der Waals surface area contributed by atoms with Crippen molar-refractivity contribution in [1.82, 2.24) is 20.8 Å². The van der Waals surface area contributed by atoms with Gasteiger partial charge in [-0.2, -0.15) is 4.98 Å². The molecule has 0 radical (unpaired) electrons. The highest BCUT2D eigenvalue weighted by atomic mass is 16.5. The van der Waals surface area contributed by atoms with E-state index < -0.39 is 0 Å². The third-order valence-corrected chi connectivity index (χ3v) is 2.74. The van der Waals surface area contributed by atoms with Crippen LogP contribution in [0.25, 0.3) is 0 Å². The van der Waals surface area contributed by atoms with Gasteiger partial charge in [0.05, 0.1) is 0 Å². The molecule has 0 atom stereocenters. The number of amides is 2. The lowest BCUT2D eigenvalue weighted by Crippen LogP contribution is -2.37. The van der Waals surface area contributed by atoms with Crippen molar-refractivity contribution < 1.29 is 9.32 Å². The summed E-state index contributed by atoms with van der Waals surface area (Å²) >= 11 is 0. The Bertz CT molecular complexity index is 539. The molecule has 1 aromatic heterocycles. The number of urea groups is 1. The summed E-state index contributed by atoms with van der Waals surface area (Å²) < 4.78 is 4.95. The second-order valence-electron chi connectivity index (χ2n) is 4.40. The minimum atomic E-state index is -0.183. The van der Waals surface area contributed by atoms with Crippen molar-refractivity contribution in [1.29, 1.82) is 0 Å². The molecule has 2 N–H and O–H groups in total. The molecule has 0 aliphatic heterocycles. The molecule has 0 saturated carbocycles.